The molecule has 0 radical (unpaired) electrons. The Kier molecular flexibility index (Phi) is 3.05. The van der Waals surface area contributed by atoms with Crippen molar-refractivity contribution in [2.45, 2.75) is 0 Å². The summed E-state index contributed by atoms with van der Waals surface area (Å²) >= 11 is 0. The summed E-state index contributed by atoms with van der Waals surface area (Å²) in [5.74, 6) is -3.20. The minimum absolute atomic E-state index is 0.888. The van der Waals surface area contributed by atoms with Crippen molar-refractivity contribution in [3.8, 4) is 11.3 Å². The van der Waals surface area contributed by atoms with Crippen LogP contribution in [0.1, 0.15) is 20.8 Å². The number of fused-ring (bicyclic) bond motifs is 4. The normalized spacial score (nSPS) is 12.9. The van der Waals surface area contributed by atoms with Gasteiger partial charge in [-0.25, -0.2) is 9.97 Å². The SMILES string of the molecule is O=C1C(=O)c2c(c(=O)c(=O)c(=O)c2=O)-c2nc3c(=O)c(=O)c(=O)c(=O)c3nc21. The number of rotatable bonds is 0. The fourth-order valence-corrected chi connectivity index (χ4v) is 2.83. The van der Waals surface area contributed by atoms with Gasteiger partial charge in [0.1, 0.15) is 22.4 Å². The number of carbonyl (C=O) groups excluding carboxylic acids is 2. The number of ketones is 2. The van der Waals surface area contributed by atoms with E-state index < -0.39 is 88.5 Å². The van der Waals surface area contributed by atoms with Gasteiger partial charge in [0.15, 0.2) is 0 Å². The first-order valence-corrected chi connectivity index (χ1v) is 7.19. The largest absolute Gasteiger partial charge is 0.285 e. The molecule has 1 heterocycles. The third kappa shape index (κ3) is 1.77. The Morgan fingerprint density at radius 2 is 0.750 bits per heavy atom. The molecule has 28 heavy (non-hydrogen) atoms. The maximum absolute atomic E-state index is 12.2. The Bertz CT molecular complexity index is 1750. The molecule has 3 aromatic rings. The zero-order chi connectivity index (χ0) is 20.7. The van der Waals surface area contributed by atoms with Crippen molar-refractivity contribution >= 4 is 22.6 Å². The van der Waals surface area contributed by atoms with Crippen LogP contribution in [-0.2, 0) is 0 Å². The van der Waals surface area contributed by atoms with Crippen molar-refractivity contribution in [2.75, 3.05) is 0 Å². The summed E-state index contributed by atoms with van der Waals surface area (Å²) in [5, 5.41) is 0. The highest BCUT2D eigenvalue weighted by Gasteiger charge is 2.39. The molecular formula is C16N2O10. The molecular weight excluding hydrogens is 380 g/mol. The maximum atomic E-state index is 12.2. The van der Waals surface area contributed by atoms with Gasteiger partial charge in [-0.2, -0.15) is 0 Å². The lowest BCUT2D eigenvalue weighted by atomic mass is 9.88. The molecule has 4 rings (SSSR count). The number of carbonyl (C=O) groups is 2. The van der Waals surface area contributed by atoms with Crippen molar-refractivity contribution < 1.29 is 9.59 Å². The molecule has 134 valence electrons. The van der Waals surface area contributed by atoms with Crippen LogP contribution in [0, 0.1) is 0 Å². The van der Waals surface area contributed by atoms with E-state index in [4.69, 9.17) is 0 Å². The molecule has 0 amide bonds. The Hall–Kier alpha value is -4.48. The Morgan fingerprint density at radius 1 is 0.357 bits per heavy atom. The molecule has 0 aliphatic heterocycles. The highest BCUT2D eigenvalue weighted by atomic mass is 16.2. The van der Waals surface area contributed by atoms with Crippen LogP contribution in [0.2, 0.25) is 0 Å². The van der Waals surface area contributed by atoms with Crippen molar-refractivity contribution in [2.24, 2.45) is 0 Å². The summed E-state index contributed by atoms with van der Waals surface area (Å²) in [6, 6.07) is 0. The summed E-state index contributed by atoms with van der Waals surface area (Å²) in [6.45, 7) is 0. The van der Waals surface area contributed by atoms with Gasteiger partial charge in [0.05, 0.1) is 11.1 Å². The smallest absolute Gasteiger partial charge is 0.279 e. The Morgan fingerprint density at radius 3 is 1.25 bits per heavy atom. The number of aromatic nitrogens is 2. The lowest BCUT2D eigenvalue weighted by Gasteiger charge is -2.14. The lowest BCUT2D eigenvalue weighted by Crippen LogP contribution is -2.52. The van der Waals surface area contributed by atoms with E-state index in [1.165, 1.54) is 0 Å². The van der Waals surface area contributed by atoms with E-state index in [0.29, 0.717) is 0 Å². The van der Waals surface area contributed by atoms with Crippen molar-refractivity contribution in [3.05, 3.63) is 93.0 Å². The molecule has 12 heteroatoms. The topological polar surface area (TPSA) is 196 Å². The molecule has 1 aliphatic rings. The molecule has 0 fully saturated rings. The van der Waals surface area contributed by atoms with E-state index in [9.17, 15) is 47.9 Å². The van der Waals surface area contributed by atoms with Gasteiger partial charge in [-0.15, -0.1) is 0 Å². The van der Waals surface area contributed by atoms with Crippen molar-refractivity contribution in [3.63, 3.8) is 0 Å². The van der Waals surface area contributed by atoms with Crippen LogP contribution in [0.4, 0.5) is 0 Å². The van der Waals surface area contributed by atoms with Crippen LogP contribution in [0.15, 0.2) is 38.4 Å². The van der Waals surface area contributed by atoms with Crippen LogP contribution in [0.5, 0.6) is 0 Å². The van der Waals surface area contributed by atoms with E-state index >= 15 is 0 Å². The molecule has 0 saturated heterocycles. The molecule has 0 bridgehead atoms. The van der Waals surface area contributed by atoms with E-state index in [2.05, 4.69) is 9.97 Å². The molecule has 0 atom stereocenters. The highest BCUT2D eigenvalue weighted by Crippen LogP contribution is 2.26. The first-order chi connectivity index (χ1) is 13.1. The summed E-state index contributed by atoms with van der Waals surface area (Å²) < 4.78 is 0. The van der Waals surface area contributed by atoms with Gasteiger partial charge in [-0.3, -0.25) is 47.9 Å². The van der Waals surface area contributed by atoms with Gasteiger partial charge in [-0.1, -0.05) is 0 Å². The highest BCUT2D eigenvalue weighted by molar-refractivity contribution is 6.52. The van der Waals surface area contributed by atoms with Crippen LogP contribution >= 0.6 is 0 Å². The monoisotopic (exact) mass is 380 g/mol. The molecule has 12 nitrogen and oxygen atoms in total. The van der Waals surface area contributed by atoms with Gasteiger partial charge in [0.2, 0.25) is 16.6 Å². The number of hydrogen-bond donors (Lipinski definition) is 0. The van der Waals surface area contributed by atoms with Crippen LogP contribution in [-0.4, -0.2) is 21.5 Å². The van der Waals surface area contributed by atoms with Gasteiger partial charge in [0, 0.05) is 0 Å². The lowest BCUT2D eigenvalue weighted by molar-refractivity contribution is 0.0811. The fraction of sp³-hybridized carbons (Fsp3) is 0. The van der Waals surface area contributed by atoms with Crippen LogP contribution < -0.4 is 43.4 Å². The zero-order valence-electron chi connectivity index (χ0n) is 13.0. The number of nitrogens with zero attached hydrogens (tertiary/aromatic N) is 2. The molecule has 1 aliphatic carbocycles. The number of hydrogen-bond acceptors (Lipinski definition) is 12. The van der Waals surface area contributed by atoms with E-state index in [-0.39, 0.29) is 0 Å². The first-order valence-electron chi connectivity index (χ1n) is 7.19. The van der Waals surface area contributed by atoms with Crippen LogP contribution in [0.3, 0.4) is 0 Å². The van der Waals surface area contributed by atoms with Crippen LogP contribution in [0.25, 0.3) is 22.3 Å². The minimum Gasteiger partial charge on any atom is -0.285 e. The van der Waals surface area contributed by atoms with Gasteiger partial charge < -0.3 is 0 Å². The van der Waals surface area contributed by atoms with E-state index in [1.807, 2.05) is 0 Å². The molecule has 1 aromatic heterocycles. The molecule has 0 spiro atoms. The third-order valence-corrected chi connectivity index (χ3v) is 4.15. The average Bonchev–Trinajstić information content (AvgIpc) is 2.69. The first kappa shape index (κ1) is 17.0. The van der Waals surface area contributed by atoms with Gasteiger partial charge in [0.25, 0.3) is 38.4 Å². The number of benzene rings is 2. The standard InChI is InChI=1S/C16N2O10/c19-7-1-2(9(21)14(26)13(7)25)8(20)10(22)4-3(1)17-5-6(18-4)12(24)16(28)15(27)11(5)23. The predicted octanol–water partition coefficient (Wildman–Crippen LogP) is -4.69. The second-order valence-corrected chi connectivity index (χ2v) is 5.66. The number of Topliss-reactive ketones (excluding diaryl/α,β-unsaturated/α-hetero) is 2. The van der Waals surface area contributed by atoms with Crippen molar-refractivity contribution in [1.29, 1.82) is 0 Å². The average molecular weight is 380 g/mol. The van der Waals surface area contributed by atoms with E-state index in [0.717, 1.165) is 0 Å². The molecule has 0 N–H and O–H groups in total. The zero-order valence-corrected chi connectivity index (χ0v) is 13.0. The predicted molar refractivity (Wildman–Crippen MR) is 88.5 cm³/mol. The van der Waals surface area contributed by atoms with Gasteiger partial charge in [-0.05, 0) is 0 Å². The Labute approximate surface area is 147 Å². The summed E-state index contributed by atoms with van der Waals surface area (Å²) in [4.78, 5) is 126. The third-order valence-electron chi connectivity index (χ3n) is 4.15. The molecule has 2 aromatic carbocycles. The van der Waals surface area contributed by atoms with Crippen molar-refractivity contribution in [1.82, 2.24) is 9.97 Å². The second-order valence-electron chi connectivity index (χ2n) is 5.66. The molecule has 0 saturated carbocycles. The Balaban J connectivity index is 2.39. The maximum Gasteiger partial charge on any atom is 0.279 e. The summed E-state index contributed by atoms with van der Waals surface area (Å²) in [6.07, 6.45) is 0. The second kappa shape index (κ2) is 5.03. The quantitative estimate of drug-likeness (QED) is 0.338. The van der Waals surface area contributed by atoms with E-state index in [1.54, 1.807) is 0 Å². The van der Waals surface area contributed by atoms with Gasteiger partial charge >= 0.3 is 0 Å². The summed E-state index contributed by atoms with van der Waals surface area (Å²) in [7, 11) is 0. The fourth-order valence-electron chi connectivity index (χ4n) is 2.83. The minimum atomic E-state index is -1.83. The summed E-state index contributed by atoms with van der Waals surface area (Å²) in [5.41, 5.74) is -19.7. The molecule has 0 unspecified atom stereocenters.